The highest BCUT2D eigenvalue weighted by Gasteiger charge is 2.38. The molecule has 0 heterocycles. The van der Waals surface area contributed by atoms with E-state index in [0.29, 0.717) is 6.07 Å². The number of carbonyl (C=O) groups is 1. The monoisotopic (exact) mass is 268 g/mol. The molecule has 1 aromatic rings. The molecule has 0 radical (unpaired) electrons. The Hall–Kier alpha value is -1.83. The van der Waals surface area contributed by atoms with Crippen LogP contribution in [0.4, 0.5) is 17.6 Å². The van der Waals surface area contributed by atoms with Crippen molar-refractivity contribution in [2.75, 3.05) is 6.61 Å². The summed E-state index contributed by atoms with van der Waals surface area (Å²) in [6.07, 6.45) is -7.53. The molecule has 0 bridgehead atoms. The molecule has 8 heteroatoms. The third-order valence-corrected chi connectivity index (χ3v) is 1.96. The fourth-order valence-corrected chi connectivity index (χ4v) is 1.03. The number of alkyl halides is 3. The Morgan fingerprint density at radius 3 is 2.44 bits per heavy atom. The molecule has 2 N–H and O–H groups in total. The molecule has 0 spiro atoms. The average molecular weight is 268 g/mol. The molecule has 0 aliphatic rings. The minimum atomic E-state index is -4.83. The van der Waals surface area contributed by atoms with Gasteiger partial charge in [-0.15, -0.1) is 0 Å². The molecular formula is C10H8F4O4. The molecule has 0 aromatic heterocycles. The molecule has 0 fully saturated rings. The van der Waals surface area contributed by atoms with Crippen LogP contribution in [-0.4, -0.2) is 35.1 Å². The minimum absolute atomic E-state index is 0.305. The van der Waals surface area contributed by atoms with Gasteiger partial charge in [0.15, 0.2) is 6.10 Å². The van der Waals surface area contributed by atoms with Crippen LogP contribution < -0.4 is 4.74 Å². The van der Waals surface area contributed by atoms with Gasteiger partial charge in [-0.05, 0) is 12.1 Å². The van der Waals surface area contributed by atoms with E-state index in [9.17, 15) is 22.4 Å². The number of carboxylic acids is 1. The Balaban J connectivity index is 2.70. The summed E-state index contributed by atoms with van der Waals surface area (Å²) < 4.78 is 53.4. The number of hydrogen-bond acceptors (Lipinski definition) is 3. The van der Waals surface area contributed by atoms with Crippen LogP contribution in [0.5, 0.6) is 5.75 Å². The lowest BCUT2D eigenvalue weighted by atomic mass is 10.2. The number of aliphatic hydroxyl groups is 1. The lowest BCUT2D eigenvalue weighted by Crippen LogP contribution is -2.34. The van der Waals surface area contributed by atoms with E-state index in [0.717, 1.165) is 12.1 Å². The van der Waals surface area contributed by atoms with Crippen molar-refractivity contribution in [1.82, 2.24) is 0 Å². The summed E-state index contributed by atoms with van der Waals surface area (Å²) in [5.41, 5.74) is -0.626. The maximum atomic E-state index is 13.1. The Kier molecular flexibility index (Phi) is 4.12. The van der Waals surface area contributed by atoms with Crippen molar-refractivity contribution in [3.05, 3.63) is 29.6 Å². The second-order valence-electron chi connectivity index (χ2n) is 3.32. The summed E-state index contributed by atoms with van der Waals surface area (Å²) >= 11 is 0. The summed E-state index contributed by atoms with van der Waals surface area (Å²) in [5.74, 6) is -2.95. The van der Waals surface area contributed by atoms with Gasteiger partial charge in [-0.1, -0.05) is 0 Å². The molecule has 100 valence electrons. The largest absolute Gasteiger partial charge is 0.490 e. The van der Waals surface area contributed by atoms with Gasteiger partial charge in [0.25, 0.3) is 0 Å². The number of ether oxygens (including phenoxy) is 1. The zero-order valence-corrected chi connectivity index (χ0v) is 8.74. The first-order valence-electron chi connectivity index (χ1n) is 4.62. The van der Waals surface area contributed by atoms with Crippen molar-refractivity contribution in [1.29, 1.82) is 0 Å². The van der Waals surface area contributed by atoms with E-state index in [1.807, 2.05) is 0 Å². The van der Waals surface area contributed by atoms with Gasteiger partial charge in [0.05, 0.1) is 5.56 Å². The van der Waals surface area contributed by atoms with Gasteiger partial charge in [-0.3, -0.25) is 0 Å². The van der Waals surface area contributed by atoms with Crippen LogP contribution in [0.1, 0.15) is 10.4 Å². The van der Waals surface area contributed by atoms with E-state index < -0.39 is 36.2 Å². The second kappa shape index (κ2) is 5.21. The fraction of sp³-hybridized carbons (Fsp3) is 0.300. The standard InChI is InChI=1S/C10H8F4O4/c11-7-3-5(1-2-6(7)9(16)17)18-4-8(15)10(12,13)14/h1-3,8,15H,4H2,(H,16,17). The molecule has 18 heavy (non-hydrogen) atoms. The molecule has 0 amide bonds. The van der Waals surface area contributed by atoms with Crippen LogP contribution in [0, 0.1) is 5.82 Å². The first kappa shape index (κ1) is 14.2. The predicted octanol–water partition coefficient (Wildman–Crippen LogP) is 1.83. The molecule has 0 aliphatic heterocycles. The highest BCUT2D eigenvalue weighted by atomic mass is 19.4. The maximum Gasteiger partial charge on any atom is 0.417 e. The number of aromatic carboxylic acids is 1. The molecule has 1 unspecified atom stereocenters. The van der Waals surface area contributed by atoms with E-state index in [4.69, 9.17) is 10.2 Å². The number of aliphatic hydroxyl groups excluding tert-OH is 1. The summed E-state index contributed by atoms with van der Waals surface area (Å²) in [6.45, 7) is -1.10. The average Bonchev–Trinajstić information content (AvgIpc) is 2.24. The summed E-state index contributed by atoms with van der Waals surface area (Å²) in [6, 6.07) is 2.48. The summed E-state index contributed by atoms with van der Waals surface area (Å²) in [5, 5.41) is 17.1. The highest BCUT2D eigenvalue weighted by molar-refractivity contribution is 5.88. The number of halogens is 4. The van der Waals surface area contributed by atoms with Crippen LogP contribution in [0.25, 0.3) is 0 Å². The second-order valence-corrected chi connectivity index (χ2v) is 3.32. The quantitative estimate of drug-likeness (QED) is 0.817. The van der Waals surface area contributed by atoms with Gasteiger partial charge in [-0.2, -0.15) is 13.2 Å². The Morgan fingerprint density at radius 2 is 2.00 bits per heavy atom. The van der Waals surface area contributed by atoms with E-state index in [-0.39, 0.29) is 5.75 Å². The molecule has 1 aromatic carbocycles. The van der Waals surface area contributed by atoms with Gasteiger partial charge in [0.2, 0.25) is 0 Å². The Bertz CT molecular complexity index is 444. The van der Waals surface area contributed by atoms with Gasteiger partial charge in [0, 0.05) is 6.07 Å². The van der Waals surface area contributed by atoms with Crippen LogP contribution in [0.3, 0.4) is 0 Å². The third-order valence-electron chi connectivity index (χ3n) is 1.96. The van der Waals surface area contributed by atoms with Crippen LogP contribution >= 0.6 is 0 Å². The summed E-state index contributed by atoms with van der Waals surface area (Å²) in [4.78, 5) is 10.5. The molecular weight excluding hydrogens is 260 g/mol. The molecule has 4 nitrogen and oxygen atoms in total. The minimum Gasteiger partial charge on any atom is -0.490 e. The predicted molar refractivity (Wildman–Crippen MR) is 50.9 cm³/mol. The van der Waals surface area contributed by atoms with Gasteiger partial charge in [-0.25, -0.2) is 9.18 Å². The molecule has 0 saturated carbocycles. The van der Waals surface area contributed by atoms with Crippen molar-refractivity contribution in [2.45, 2.75) is 12.3 Å². The fourth-order valence-electron chi connectivity index (χ4n) is 1.03. The lowest BCUT2D eigenvalue weighted by molar-refractivity contribution is -0.210. The van der Waals surface area contributed by atoms with Gasteiger partial charge in [0.1, 0.15) is 18.2 Å². The van der Waals surface area contributed by atoms with Crippen LogP contribution in [0.2, 0.25) is 0 Å². The molecule has 1 rings (SSSR count). The normalized spacial score (nSPS) is 13.2. The molecule has 0 saturated heterocycles. The van der Waals surface area contributed by atoms with Gasteiger partial charge >= 0.3 is 12.1 Å². The SMILES string of the molecule is O=C(O)c1ccc(OCC(O)C(F)(F)F)cc1F. The topological polar surface area (TPSA) is 66.8 Å². The Labute approximate surface area is 98.4 Å². The van der Waals surface area contributed by atoms with Crippen molar-refractivity contribution >= 4 is 5.97 Å². The number of hydrogen-bond donors (Lipinski definition) is 2. The zero-order chi connectivity index (χ0) is 13.9. The van der Waals surface area contributed by atoms with Crippen molar-refractivity contribution < 1.29 is 37.3 Å². The zero-order valence-electron chi connectivity index (χ0n) is 8.74. The van der Waals surface area contributed by atoms with Crippen LogP contribution in [0.15, 0.2) is 18.2 Å². The third kappa shape index (κ3) is 3.59. The first-order chi connectivity index (χ1) is 8.21. The number of carboxylic acid groups (broad SMARTS) is 1. The Morgan fingerprint density at radius 1 is 1.39 bits per heavy atom. The van der Waals surface area contributed by atoms with Crippen molar-refractivity contribution in [2.24, 2.45) is 0 Å². The summed E-state index contributed by atoms with van der Waals surface area (Å²) in [7, 11) is 0. The van der Waals surface area contributed by atoms with Crippen LogP contribution in [-0.2, 0) is 0 Å². The highest BCUT2D eigenvalue weighted by Crippen LogP contribution is 2.22. The number of benzene rings is 1. The van der Waals surface area contributed by atoms with E-state index in [2.05, 4.69) is 4.74 Å². The molecule has 0 aliphatic carbocycles. The number of rotatable bonds is 4. The molecule has 1 atom stereocenters. The lowest BCUT2D eigenvalue weighted by Gasteiger charge is -2.15. The van der Waals surface area contributed by atoms with E-state index >= 15 is 0 Å². The smallest absolute Gasteiger partial charge is 0.417 e. The van der Waals surface area contributed by atoms with E-state index in [1.165, 1.54) is 0 Å². The first-order valence-corrected chi connectivity index (χ1v) is 4.62. The van der Waals surface area contributed by atoms with E-state index in [1.54, 1.807) is 0 Å². The van der Waals surface area contributed by atoms with Crippen molar-refractivity contribution in [3.8, 4) is 5.75 Å². The van der Waals surface area contributed by atoms with Crippen molar-refractivity contribution in [3.63, 3.8) is 0 Å². The maximum absolute atomic E-state index is 13.1. The van der Waals surface area contributed by atoms with Gasteiger partial charge < -0.3 is 14.9 Å².